The molecule has 3 nitrogen and oxygen atoms in total. The van der Waals surface area contributed by atoms with Crippen LogP contribution >= 0.6 is 11.8 Å². The zero-order valence-corrected chi connectivity index (χ0v) is 8.27. The first-order valence-electron chi connectivity index (χ1n) is 4.04. The summed E-state index contributed by atoms with van der Waals surface area (Å²) in [6.07, 6.45) is 0. The van der Waals surface area contributed by atoms with Crippen LogP contribution in [0, 0.1) is 11.8 Å². The van der Waals surface area contributed by atoms with Crippen molar-refractivity contribution in [2.75, 3.05) is 0 Å². The van der Waals surface area contributed by atoms with Crippen LogP contribution in [-0.2, 0) is 4.79 Å². The molecule has 0 spiro atoms. The molecule has 0 aliphatic carbocycles. The Morgan fingerprint density at radius 3 is 2.50 bits per heavy atom. The van der Waals surface area contributed by atoms with Gasteiger partial charge in [-0.25, -0.2) is 0 Å². The molecule has 0 radical (unpaired) electrons. The van der Waals surface area contributed by atoms with Gasteiger partial charge >= 0.3 is 0 Å². The molecule has 1 unspecified atom stereocenters. The lowest BCUT2D eigenvalue weighted by Crippen LogP contribution is -2.44. The van der Waals surface area contributed by atoms with E-state index in [1.165, 1.54) is 11.8 Å². The minimum absolute atomic E-state index is 0.0623. The zero-order valence-electron chi connectivity index (χ0n) is 7.46. The van der Waals surface area contributed by atoms with Gasteiger partial charge in [0.1, 0.15) is 0 Å². The van der Waals surface area contributed by atoms with Crippen molar-refractivity contribution >= 4 is 22.9 Å². The Morgan fingerprint density at radius 2 is 2.00 bits per heavy atom. The van der Waals surface area contributed by atoms with Crippen molar-refractivity contribution in [1.82, 2.24) is 5.32 Å². The van der Waals surface area contributed by atoms with Crippen molar-refractivity contribution in [1.29, 1.82) is 0 Å². The van der Waals surface area contributed by atoms with Crippen molar-refractivity contribution in [3.05, 3.63) is 0 Å². The van der Waals surface area contributed by atoms with Crippen molar-refractivity contribution in [3.63, 3.8) is 0 Å². The molecule has 0 aromatic carbocycles. The molecule has 1 rings (SSSR count). The maximum absolute atomic E-state index is 11.2. The highest BCUT2D eigenvalue weighted by atomic mass is 32.2. The molecule has 0 saturated carbocycles. The van der Waals surface area contributed by atoms with Gasteiger partial charge < -0.3 is 0 Å². The highest BCUT2D eigenvalue weighted by molar-refractivity contribution is 8.14. The number of hydrogen-bond acceptors (Lipinski definition) is 3. The summed E-state index contributed by atoms with van der Waals surface area (Å²) in [4.78, 5) is 22.1. The maximum atomic E-state index is 11.2. The van der Waals surface area contributed by atoms with Crippen molar-refractivity contribution in [2.45, 2.75) is 26.0 Å². The highest BCUT2D eigenvalue weighted by Crippen LogP contribution is 2.30. The molecule has 12 heavy (non-hydrogen) atoms. The summed E-state index contributed by atoms with van der Waals surface area (Å²) in [5, 5.41) is 2.22. The number of nitrogens with one attached hydrogen (secondary N) is 1. The third-order valence-electron chi connectivity index (χ3n) is 2.03. The summed E-state index contributed by atoms with van der Waals surface area (Å²) in [6, 6.07) is 0. The van der Waals surface area contributed by atoms with Crippen LogP contribution in [0.1, 0.15) is 20.8 Å². The molecular formula is C8H13NO2S. The van der Waals surface area contributed by atoms with Gasteiger partial charge in [-0.2, -0.15) is 0 Å². The van der Waals surface area contributed by atoms with Gasteiger partial charge in [-0.1, -0.05) is 32.5 Å². The normalized spacial score (nSPS) is 30.7. The van der Waals surface area contributed by atoms with Gasteiger partial charge in [0.2, 0.25) is 5.91 Å². The summed E-state index contributed by atoms with van der Waals surface area (Å²) in [5.41, 5.74) is 0. The molecule has 0 aromatic rings. The van der Waals surface area contributed by atoms with E-state index >= 15 is 0 Å². The van der Waals surface area contributed by atoms with Crippen molar-refractivity contribution in [2.24, 2.45) is 11.8 Å². The molecular weight excluding hydrogens is 174 g/mol. The Morgan fingerprint density at radius 1 is 1.42 bits per heavy atom. The third-order valence-corrected chi connectivity index (χ3v) is 3.57. The predicted octanol–water partition coefficient (Wildman–Crippen LogP) is 1.63. The second-order valence-corrected chi connectivity index (χ2v) is 4.54. The van der Waals surface area contributed by atoms with Crippen LogP contribution in [0.5, 0.6) is 0 Å². The standard InChI is InChI=1S/C8H13NO2S/c1-4(2)6-5(3)7(10)9-8(11)12-6/h4-6H,1-3H3,(H,9,10,11)/t5-,6?/m1/s1. The lowest BCUT2D eigenvalue weighted by Gasteiger charge is -2.29. The van der Waals surface area contributed by atoms with Crippen LogP contribution < -0.4 is 5.32 Å². The van der Waals surface area contributed by atoms with E-state index in [9.17, 15) is 9.59 Å². The number of thioether (sulfide) groups is 1. The van der Waals surface area contributed by atoms with Gasteiger partial charge in [-0.15, -0.1) is 0 Å². The first-order valence-corrected chi connectivity index (χ1v) is 4.92. The predicted molar refractivity (Wildman–Crippen MR) is 48.9 cm³/mol. The minimum Gasteiger partial charge on any atom is -0.287 e. The van der Waals surface area contributed by atoms with Crippen LogP contribution in [0.3, 0.4) is 0 Å². The van der Waals surface area contributed by atoms with Crippen LogP contribution in [-0.4, -0.2) is 16.4 Å². The zero-order chi connectivity index (χ0) is 9.30. The lowest BCUT2D eigenvalue weighted by atomic mass is 9.97. The SMILES string of the molecule is CC(C)C1SC(=O)NC(=O)[C@@H]1C. The molecule has 0 bridgehead atoms. The molecule has 1 N–H and O–H groups in total. The van der Waals surface area contributed by atoms with Gasteiger partial charge in [0, 0.05) is 11.2 Å². The van der Waals surface area contributed by atoms with Gasteiger partial charge in [-0.3, -0.25) is 14.9 Å². The summed E-state index contributed by atoms with van der Waals surface area (Å²) in [7, 11) is 0. The largest absolute Gasteiger partial charge is 0.287 e. The number of carbonyl (C=O) groups is 2. The average Bonchev–Trinajstić information content (AvgIpc) is 1.96. The Kier molecular flexibility index (Phi) is 2.77. The van der Waals surface area contributed by atoms with E-state index in [4.69, 9.17) is 0 Å². The van der Waals surface area contributed by atoms with E-state index in [0.717, 1.165) is 0 Å². The highest BCUT2D eigenvalue weighted by Gasteiger charge is 2.34. The van der Waals surface area contributed by atoms with E-state index < -0.39 is 0 Å². The van der Waals surface area contributed by atoms with Crippen LogP contribution in [0.4, 0.5) is 4.79 Å². The molecule has 0 aromatic heterocycles. The Hall–Kier alpha value is -0.510. The Labute approximate surface area is 76.3 Å². The number of hydrogen-bond donors (Lipinski definition) is 1. The van der Waals surface area contributed by atoms with Gasteiger partial charge in [0.05, 0.1) is 0 Å². The third kappa shape index (κ3) is 1.80. The minimum atomic E-state index is -0.211. The summed E-state index contributed by atoms with van der Waals surface area (Å²) >= 11 is 1.24. The maximum Gasteiger partial charge on any atom is 0.285 e. The number of carbonyl (C=O) groups excluding carboxylic acids is 2. The first-order chi connectivity index (χ1) is 5.52. The number of amides is 2. The molecule has 1 saturated heterocycles. The average molecular weight is 187 g/mol. The van der Waals surface area contributed by atoms with Crippen LogP contribution in [0.2, 0.25) is 0 Å². The molecule has 1 heterocycles. The lowest BCUT2D eigenvalue weighted by molar-refractivity contribution is -0.123. The second-order valence-electron chi connectivity index (χ2n) is 3.39. The van der Waals surface area contributed by atoms with E-state index in [1.54, 1.807) is 0 Å². The smallest absolute Gasteiger partial charge is 0.285 e. The van der Waals surface area contributed by atoms with Crippen molar-refractivity contribution < 1.29 is 9.59 Å². The van der Waals surface area contributed by atoms with E-state index in [1.807, 2.05) is 20.8 Å². The molecule has 1 aliphatic rings. The fourth-order valence-corrected chi connectivity index (χ4v) is 2.34. The fraction of sp³-hybridized carbons (Fsp3) is 0.750. The molecule has 4 heteroatoms. The Balaban J connectivity index is 2.73. The fourth-order valence-electron chi connectivity index (χ4n) is 1.33. The van der Waals surface area contributed by atoms with Crippen molar-refractivity contribution in [3.8, 4) is 0 Å². The molecule has 2 atom stereocenters. The van der Waals surface area contributed by atoms with E-state index in [2.05, 4.69) is 5.32 Å². The quantitative estimate of drug-likeness (QED) is 0.678. The summed E-state index contributed by atoms with van der Waals surface area (Å²) < 4.78 is 0. The first kappa shape index (κ1) is 9.58. The number of imide groups is 1. The van der Waals surface area contributed by atoms with E-state index in [0.29, 0.717) is 5.92 Å². The Bertz CT molecular complexity index is 215. The van der Waals surface area contributed by atoms with Gasteiger partial charge in [0.25, 0.3) is 5.24 Å². The number of rotatable bonds is 1. The van der Waals surface area contributed by atoms with Crippen LogP contribution in [0.15, 0.2) is 0 Å². The van der Waals surface area contributed by atoms with Gasteiger partial charge in [-0.05, 0) is 5.92 Å². The second kappa shape index (κ2) is 3.47. The summed E-state index contributed by atoms with van der Waals surface area (Å²) in [5.74, 6) is 0.158. The molecule has 1 aliphatic heterocycles. The monoisotopic (exact) mass is 187 g/mol. The molecule has 2 amide bonds. The van der Waals surface area contributed by atoms with Crippen LogP contribution in [0.25, 0.3) is 0 Å². The topological polar surface area (TPSA) is 46.2 Å². The van der Waals surface area contributed by atoms with Gasteiger partial charge in [0.15, 0.2) is 0 Å². The van der Waals surface area contributed by atoms with E-state index in [-0.39, 0.29) is 22.3 Å². The molecule has 68 valence electrons. The molecule has 1 fully saturated rings. The summed E-state index contributed by atoms with van der Waals surface area (Å²) in [6.45, 7) is 5.92.